The highest BCUT2D eigenvalue weighted by Crippen LogP contribution is 2.16. The molecule has 0 aromatic heterocycles. The van der Waals surface area contributed by atoms with E-state index < -0.39 is 0 Å². The van der Waals surface area contributed by atoms with Crippen LogP contribution in [0.3, 0.4) is 0 Å². The lowest BCUT2D eigenvalue weighted by Gasteiger charge is -2.11. The second-order valence-corrected chi connectivity index (χ2v) is 4.17. The lowest BCUT2D eigenvalue weighted by molar-refractivity contribution is 0.260. The van der Waals surface area contributed by atoms with Crippen LogP contribution >= 0.6 is 0 Å². The molecule has 1 atom stereocenters. The minimum Gasteiger partial charge on any atom is -0.493 e. The maximum Gasteiger partial charge on any atom is 0.119 e. The molecule has 0 amide bonds. The minimum atomic E-state index is 0.690. The molecule has 2 nitrogen and oxygen atoms in total. The number of benzene rings is 1. The molecule has 0 spiro atoms. The molecule has 1 fully saturated rings. The second kappa shape index (κ2) is 5.17. The molecular formula is C13H19NO. The van der Waals surface area contributed by atoms with Gasteiger partial charge in [-0.2, -0.15) is 0 Å². The summed E-state index contributed by atoms with van der Waals surface area (Å²) in [6.07, 6.45) is 2.32. The summed E-state index contributed by atoms with van der Waals surface area (Å²) in [7, 11) is 0. The van der Waals surface area contributed by atoms with Crippen molar-refractivity contribution < 1.29 is 4.74 Å². The first-order chi connectivity index (χ1) is 7.38. The van der Waals surface area contributed by atoms with E-state index in [9.17, 15) is 0 Å². The molecule has 82 valence electrons. The van der Waals surface area contributed by atoms with Crippen LogP contribution in [-0.2, 0) is 6.42 Å². The van der Waals surface area contributed by atoms with E-state index in [4.69, 9.17) is 4.74 Å². The largest absolute Gasteiger partial charge is 0.493 e. The molecule has 0 radical (unpaired) electrons. The zero-order valence-electron chi connectivity index (χ0n) is 9.33. The van der Waals surface area contributed by atoms with Crippen LogP contribution in [0.1, 0.15) is 18.9 Å². The molecule has 0 bridgehead atoms. The van der Waals surface area contributed by atoms with Crippen LogP contribution in [0, 0.1) is 5.92 Å². The van der Waals surface area contributed by atoms with Crippen molar-refractivity contribution in [1.82, 2.24) is 5.32 Å². The predicted octanol–water partition coefficient (Wildman–Crippen LogP) is 2.24. The second-order valence-electron chi connectivity index (χ2n) is 4.17. The zero-order valence-corrected chi connectivity index (χ0v) is 9.33. The van der Waals surface area contributed by atoms with E-state index in [0.29, 0.717) is 5.92 Å². The van der Waals surface area contributed by atoms with Gasteiger partial charge < -0.3 is 10.1 Å². The maximum atomic E-state index is 5.79. The maximum absolute atomic E-state index is 5.79. The molecule has 0 aliphatic carbocycles. The molecule has 2 rings (SSSR count). The van der Waals surface area contributed by atoms with Gasteiger partial charge in [-0.1, -0.05) is 19.1 Å². The van der Waals surface area contributed by atoms with Gasteiger partial charge in [0.2, 0.25) is 0 Å². The van der Waals surface area contributed by atoms with Crippen LogP contribution in [-0.4, -0.2) is 19.7 Å². The SMILES string of the molecule is CCc1cccc(OC[C@H]2CCNC2)c1. The minimum absolute atomic E-state index is 0.690. The third-order valence-electron chi connectivity index (χ3n) is 2.95. The predicted molar refractivity (Wildman–Crippen MR) is 62.3 cm³/mol. The number of ether oxygens (including phenoxy) is 1. The number of hydrogen-bond acceptors (Lipinski definition) is 2. The lowest BCUT2D eigenvalue weighted by atomic mass is 10.1. The summed E-state index contributed by atoms with van der Waals surface area (Å²) in [6, 6.07) is 8.40. The molecule has 1 saturated heterocycles. The molecule has 1 aromatic rings. The molecular weight excluding hydrogens is 186 g/mol. The Kier molecular flexibility index (Phi) is 3.62. The number of aryl methyl sites for hydroxylation is 1. The van der Waals surface area contributed by atoms with Gasteiger partial charge in [0.1, 0.15) is 5.75 Å². The quantitative estimate of drug-likeness (QED) is 0.814. The van der Waals surface area contributed by atoms with Crippen LogP contribution in [0.25, 0.3) is 0 Å². The molecule has 1 aliphatic heterocycles. The fourth-order valence-electron chi connectivity index (χ4n) is 1.93. The number of rotatable bonds is 4. The molecule has 2 heteroatoms. The molecule has 1 aromatic carbocycles. The highest BCUT2D eigenvalue weighted by Gasteiger charge is 2.14. The molecule has 1 aliphatic rings. The van der Waals surface area contributed by atoms with E-state index in [1.807, 2.05) is 6.07 Å². The standard InChI is InChI=1S/C13H19NO/c1-2-11-4-3-5-13(8-11)15-10-12-6-7-14-9-12/h3-5,8,12,14H,2,6-7,9-10H2,1H3/t12-/m0/s1. The van der Waals surface area contributed by atoms with Crippen molar-refractivity contribution in [1.29, 1.82) is 0 Å². The fraction of sp³-hybridized carbons (Fsp3) is 0.538. The summed E-state index contributed by atoms with van der Waals surface area (Å²) in [5.41, 5.74) is 1.34. The van der Waals surface area contributed by atoms with Gasteiger partial charge in [0.05, 0.1) is 6.61 Å². The number of hydrogen-bond donors (Lipinski definition) is 1. The van der Waals surface area contributed by atoms with Gasteiger partial charge in [-0.05, 0) is 37.1 Å². The number of nitrogens with one attached hydrogen (secondary N) is 1. The van der Waals surface area contributed by atoms with Gasteiger partial charge in [-0.25, -0.2) is 0 Å². The van der Waals surface area contributed by atoms with Crippen molar-refractivity contribution in [3.63, 3.8) is 0 Å². The van der Waals surface area contributed by atoms with Crippen molar-refractivity contribution in [2.24, 2.45) is 5.92 Å². The van der Waals surface area contributed by atoms with Crippen LogP contribution in [0.15, 0.2) is 24.3 Å². The van der Waals surface area contributed by atoms with Crippen LogP contribution in [0.5, 0.6) is 5.75 Å². The molecule has 15 heavy (non-hydrogen) atoms. The molecule has 1 N–H and O–H groups in total. The zero-order chi connectivity index (χ0) is 10.5. The summed E-state index contributed by atoms with van der Waals surface area (Å²) in [5.74, 6) is 1.71. The molecule has 1 heterocycles. The highest BCUT2D eigenvalue weighted by atomic mass is 16.5. The van der Waals surface area contributed by atoms with Gasteiger partial charge in [0.15, 0.2) is 0 Å². The van der Waals surface area contributed by atoms with E-state index in [2.05, 4.69) is 30.4 Å². The van der Waals surface area contributed by atoms with Crippen molar-refractivity contribution in [2.75, 3.05) is 19.7 Å². The van der Waals surface area contributed by atoms with Crippen molar-refractivity contribution in [3.8, 4) is 5.75 Å². The van der Waals surface area contributed by atoms with Crippen LogP contribution < -0.4 is 10.1 Å². The monoisotopic (exact) mass is 205 g/mol. The molecule has 0 unspecified atom stereocenters. The van der Waals surface area contributed by atoms with Gasteiger partial charge in [-0.15, -0.1) is 0 Å². The van der Waals surface area contributed by atoms with E-state index in [1.165, 1.54) is 12.0 Å². The Hall–Kier alpha value is -1.02. The summed E-state index contributed by atoms with van der Waals surface area (Å²) in [4.78, 5) is 0. The fourth-order valence-corrected chi connectivity index (χ4v) is 1.93. The Morgan fingerprint density at radius 3 is 3.13 bits per heavy atom. The van der Waals surface area contributed by atoms with Gasteiger partial charge in [0.25, 0.3) is 0 Å². The van der Waals surface area contributed by atoms with Gasteiger partial charge in [0, 0.05) is 12.5 Å². The Bertz CT molecular complexity index is 305. The normalized spacial score (nSPS) is 20.5. The average molecular weight is 205 g/mol. The Morgan fingerprint density at radius 2 is 2.40 bits per heavy atom. The Morgan fingerprint density at radius 1 is 1.47 bits per heavy atom. The van der Waals surface area contributed by atoms with Crippen LogP contribution in [0.2, 0.25) is 0 Å². The smallest absolute Gasteiger partial charge is 0.119 e. The van der Waals surface area contributed by atoms with Crippen molar-refractivity contribution in [2.45, 2.75) is 19.8 Å². The lowest BCUT2D eigenvalue weighted by Crippen LogP contribution is -2.15. The van der Waals surface area contributed by atoms with Crippen molar-refractivity contribution in [3.05, 3.63) is 29.8 Å². The topological polar surface area (TPSA) is 21.3 Å². The summed E-state index contributed by atoms with van der Waals surface area (Å²) in [5, 5.41) is 3.35. The molecule has 0 saturated carbocycles. The van der Waals surface area contributed by atoms with E-state index in [0.717, 1.165) is 31.9 Å². The first-order valence-corrected chi connectivity index (χ1v) is 5.81. The van der Waals surface area contributed by atoms with E-state index in [-0.39, 0.29) is 0 Å². The Labute approximate surface area is 91.6 Å². The van der Waals surface area contributed by atoms with E-state index in [1.54, 1.807) is 0 Å². The van der Waals surface area contributed by atoms with Gasteiger partial charge >= 0.3 is 0 Å². The van der Waals surface area contributed by atoms with Crippen molar-refractivity contribution >= 4 is 0 Å². The van der Waals surface area contributed by atoms with Crippen LogP contribution in [0.4, 0.5) is 0 Å². The van der Waals surface area contributed by atoms with Gasteiger partial charge in [-0.3, -0.25) is 0 Å². The first kappa shape index (κ1) is 10.5. The first-order valence-electron chi connectivity index (χ1n) is 5.81. The summed E-state index contributed by atoms with van der Waals surface area (Å²) >= 11 is 0. The third-order valence-corrected chi connectivity index (χ3v) is 2.95. The third kappa shape index (κ3) is 2.96. The van der Waals surface area contributed by atoms with E-state index >= 15 is 0 Å². The summed E-state index contributed by atoms with van der Waals surface area (Å²) < 4.78 is 5.79. The average Bonchev–Trinajstić information content (AvgIpc) is 2.79. The summed E-state index contributed by atoms with van der Waals surface area (Å²) in [6.45, 7) is 5.26. The Balaban J connectivity index is 1.86. The highest BCUT2D eigenvalue weighted by molar-refractivity contribution is 5.28.